The minimum absolute atomic E-state index is 0. The van der Waals surface area contributed by atoms with Crippen LogP contribution >= 0.6 is 28.3 Å². The molecule has 4 aromatic rings. The monoisotopic (exact) mass is 665 g/mol. The van der Waals surface area contributed by atoms with E-state index in [1.807, 2.05) is 60.7 Å². The van der Waals surface area contributed by atoms with Gasteiger partial charge in [-0.25, -0.2) is 0 Å². The standard InChI is InChI=1S/C32H32BrN5O4.ClH/c1-20(34-2)31(40)36-26-19-37(30(39)15-21-7-6-14-35-17-21)27-8-4-5-9-28(27)38(32(26)41)18-25-24-12-11-23(33)16-22(24)10-13-29(25)42-3;/h4-14,16-17,20,26,34H,15,18-19H2,1-3H3,(H,36,40);1H. The van der Waals surface area contributed by atoms with Gasteiger partial charge in [0.15, 0.2) is 0 Å². The molecule has 0 aliphatic carbocycles. The lowest BCUT2D eigenvalue weighted by molar-refractivity contribution is -0.128. The molecule has 1 aliphatic heterocycles. The first-order valence-electron chi connectivity index (χ1n) is 13.6. The molecule has 0 spiro atoms. The molecule has 1 aromatic heterocycles. The zero-order valence-electron chi connectivity index (χ0n) is 24.0. The summed E-state index contributed by atoms with van der Waals surface area (Å²) in [5.41, 5.74) is 2.72. The minimum Gasteiger partial charge on any atom is -0.496 e. The van der Waals surface area contributed by atoms with E-state index in [2.05, 4.69) is 31.5 Å². The van der Waals surface area contributed by atoms with Gasteiger partial charge in [0, 0.05) is 22.4 Å². The number of nitrogens with zero attached hydrogens (tertiary/aromatic N) is 3. The fraction of sp³-hybridized carbons (Fsp3) is 0.250. The van der Waals surface area contributed by atoms with E-state index in [1.165, 1.54) is 0 Å². The maximum absolute atomic E-state index is 14.4. The van der Waals surface area contributed by atoms with Gasteiger partial charge in [-0.1, -0.05) is 46.3 Å². The second kappa shape index (κ2) is 14.0. The number of amides is 3. The van der Waals surface area contributed by atoms with Crippen LogP contribution in [0.15, 0.2) is 83.6 Å². The Morgan fingerprint density at radius 3 is 2.56 bits per heavy atom. The highest BCUT2D eigenvalue weighted by molar-refractivity contribution is 9.10. The lowest BCUT2D eigenvalue weighted by Crippen LogP contribution is -2.55. The van der Waals surface area contributed by atoms with Crippen LogP contribution in [-0.2, 0) is 27.3 Å². The van der Waals surface area contributed by atoms with Crippen molar-refractivity contribution in [3.05, 3.63) is 94.7 Å². The third kappa shape index (κ3) is 6.82. The quantitative estimate of drug-likeness (QED) is 0.284. The molecule has 0 radical (unpaired) electrons. The fourth-order valence-corrected chi connectivity index (χ4v) is 5.53. The Balaban J connectivity index is 0.00000423. The van der Waals surface area contributed by atoms with E-state index < -0.39 is 12.1 Å². The maximum Gasteiger partial charge on any atom is 0.251 e. The maximum atomic E-state index is 14.4. The average Bonchev–Trinajstić information content (AvgIpc) is 3.11. The Morgan fingerprint density at radius 1 is 1.09 bits per heavy atom. The second-order valence-electron chi connectivity index (χ2n) is 10.1. The molecule has 2 N–H and O–H groups in total. The van der Waals surface area contributed by atoms with Crippen molar-refractivity contribution in [1.29, 1.82) is 0 Å². The lowest BCUT2D eigenvalue weighted by atomic mass is 10.0. The molecule has 2 heterocycles. The molecule has 5 rings (SSSR count). The van der Waals surface area contributed by atoms with Crippen molar-refractivity contribution in [2.24, 2.45) is 0 Å². The van der Waals surface area contributed by atoms with Crippen molar-refractivity contribution in [3.8, 4) is 5.75 Å². The Morgan fingerprint density at radius 2 is 1.86 bits per heavy atom. The molecule has 43 heavy (non-hydrogen) atoms. The summed E-state index contributed by atoms with van der Waals surface area (Å²) in [7, 11) is 3.28. The molecule has 3 aromatic carbocycles. The largest absolute Gasteiger partial charge is 0.496 e. The van der Waals surface area contributed by atoms with E-state index in [1.54, 1.807) is 49.3 Å². The molecule has 0 fully saturated rings. The van der Waals surface area contributed by atoms with Gasteiger partial charge < -0.3 is 25.2 Å². The van der Waals surface area contributed by atoms with Crippen molar-refractivity contribution in [1.82, 2.24) is 15.6 Å². The number of carbonyl (C=O) groups is 3. The van der Waals surface area contributed by atoms with Crippen molar-refractivity contribution in [2.45, 2.75) is 32.0 Å². The van der Waals surface area contributed by atoms with Gasteiger partial charge in [0.1, 0.15) is 11.8 Å². The molecule has 0 saturated carbocycles. The van der Waals surface area contributed by atoms with E-state index >= 15 is 0 Å². The van der Waals surface area contributed by atoms with Crippen LogP contribution in [0.25, 0.3) is 10.8 Å². The van der Waals surface area contributed by atoms with Gasteiger partial charge in [0.05, 0.1) is 44.0 Å². The number of hydrogen-bond acceptors (Lipinski definition) is 6. The predicted molar refractivity (Wildman–Crippen MR) is 174 cm³/mol. The normalized spacial score (nSPS) is 15.3. The Kier molecular flexibility index (Phi) is 10.4. The number of likely N-dealkylation sites (N-methyl/N-ethyl adjacent to an activating group) is 1. The Hall–Kier alpha value is -3.99. The first-order chi connectivity index (χ1) is 20.3. The average molecular weight is 667 g/mol. The molecular weight excluding hydrogens is 634 g/mol. The molecule has 0 bridgehead atoms. The number of hydrogen-bond donors (Lipinski definition) is 2. The molecule has 3 amide bonds. The molecule has 11 heteroatoms. The number of fused-ring (bicyclic) bond motifs is 2. The topological polar surface area (TPSA) is 104 Å². The number of ether oxygens (including phenoxy) is 1. The van der Waals surface area contributed by atoms with E-state index in [4.69, 9.17) is 4.74 Å². The number of pyridine rings is 1. The van der Waals surface area contributed by atoms with Crippen LogP contribution in [0, 0.1) is 0 Å². The molecule has 224 valence electrons. The highest BCUT2D eigenvalue weighted by Gasteiger charge is 2.37. The molecular formula is C32H33BrClN5O4. The van der Waals surface area contributed by atoms with Crippen LogP contribution in [0.5, 0.6) is 5.75 Å². The van der Waals surface area contributed by atoms with Gasteiger partial charge in [-0.2, -0.15) is 0 Å². The summed E-state index contributed by atoms with van der Waals surface area (Å²) in [6.07, 6.45) is 3.40. The smallest absolute Gasteiger partial charge is 0.251 e. The van der Waals surface area contributed by atoms with E-state index in [9.17, 15) is 14.4 Å². The summed E-state index contributed by atoms with van der Waals surface area (Å²) in [5.74, 6) is -0.243. The first kappa shape index (κ1) is 31.9. The highest BCUT2D eigenvalue weighted by Crippen LogP contribution is 2.37. The summed E-state index contributed by atoms with van der Waals surface area (Å²) in [4.78, 5) is 48.6. The van der Waals surface area contributed by atoms with Crippen LogP contribution < -0.4 is 25.2 Å². The number of anilines is 2. The summed E-state index contributed by atoms with van der Waals surface area (Å²) in [5, 5.41) is 7.72. The molecule has 9 nitrogen and oxygen atoms in total. The van der Waals surface area contributed by atoms with Gasteiger partial charge >= 0.3 is 0 Å². The zero-order valence-corrected chi connectivity index (χ0v) is 26.4. The number of carbonyl (C=O) groups excluding carboxylic acids is 3. The van der Waals surface area contributed by atoms with Crippen molar-refractivity contribution in [2.75, 3.05) is 30.5 Å². The van der Waals surface area contributed by atoms with Crippen LogP contribution in [0.4, 0.5) is 11.4 Å². The van der Waals surface area contributed by atoms with Crippen LogP contribution in [0.2, 0.25) is 0 Å². The number of benzene rings is 3. The van der Waals surface area contributed by atoms with Crippen LogP contribution in [0.1, 0.15) is 18.1 Å². The lowest BCUT2D eigenvalue weighted by Gasteiger charge is -2.27. The highest BCUT2D eigenvalue weighted by atomic mass is 79.9. The SMILES string of the molecule is CNC(C)C(=O)NC1CN(C(=O)Cc2cccnc2)c2ccccc2N(Cc2c(OC)ccc3cc(Br)ccc23)C1=O.Cl. The third-order valence-electron chi connectivity index (χ3n) is 7.50. The van der Waals surface area contributed by atoms with Gasteiger partial charge in [0.2, 0.25) is 11.8 Å². The minimum atomic E-state index is -0.992. The Bertz CT molecular complexity index is 1640. The van der Waals surface area contributed by atoms with Crippen molar-refractivity contribution < 1.29 is 19.1 Å². The van der Waals surface area contributed by atoms with Gasteiger partial charge in [-0.3, -0.25) is 19.4 Å². The van der Waals surface area contributed by atoms with E-state index in [0.717, 1.165) is 26.4 Å². The summed E-state index contributed by atoms with van der Waals surface area (Å²) in [6, 6.07) is 19.2. The van der Waals surface area contributed by atoms with E-state index in [0.29, 0.717) is 17.1 Å². The predicted octanol–water partition coefficient (Wildman–Crippen LogP) is 4.64. The van der Waals surface area contributed by atoms with Crippen LogP contribution in [0.3, 0.4) is 0 Å². The number of rotatable bonds is 8. The molecule has 2 unspecified atom stereocenters. The Labute approximate surface area is 265 Å². The number of halogens is 2. The zero-order chi connectivity index (χ0) is 29.8. The second-order valence-corrected chi connectivity index (χ2v) is 11.1. The number of para-hydroxylation sites is 2. The summed E-state index contributed by atoms with van der Waals surface area (Å²) in [6.45, 7) is 1.86. The van der Waals surface area contributed by atoms with Gasteiger partial charge in [-0.15, -0.1) is 12.4 Å². The fourth-order valence-electron chi connectivity index (χ4n) is 5.15. The molecule has 1 aliphatic rings. The third-order valence-corrected chi connectivity index (χ3v) is 7.99. The number of aromatic nitrogens is 1. The molecule has 2 atom stereocenters. The number of nitrogens with one attached hydrogen (secondary N) is 2. The summed E-state index contributed by atoms with van der Waals surface area (Å²) >= 11 is 3.54. The summed E-state index contributed by atoms with van der Waals surface area (Å²) < 4.78 is 6.68. The van der Waals surface area contributed by atoms with Crippen LogP contribution in [-0.4, -0.2) is 55.5 Å². The van der Waals surface area contributed by atoms with Crippen molar-refractivity contribution in [3.63, 3.8) is 0 Å². The van der Waals surface area contributed by atoms with E-state index in [-0.39, 0.29) is 49.6 Å². The molecule has 0 saturated heterocycles. The van der Waals surface area contributed by atoms with Crippen molar-refractivity contribution >= 4 is 68.2 Å². The van der Waals surface area contributed by atoms with Gasteiger partial charge in [-0.05, 0) is 66.7 Å². The first-order valence-corrected chi connectivity index (χ1v) is 14.4. The van der Waals surface area contributed by atoms with Gasteiger partial charge in [0.25, 0.3) is 5.91 Å². The number of methoxy groups -OCH3 is 1.